The topological polar surface area (TPSA) is 75.4 Å². The van der Waals surface area contributed by atoms with Gasteiger partial charge in [0.15, 0.2) is 0 Å². The summed E-state index contributed by atoms with van der Waals surface area (Å²) >= 11 is 0. The van der Waals surface area contributed by atoms with Crippen molar-refractivity contribution in [1.29, 1.82) is 0 Å². The lowest BCUT2D eigenvalue weighted by atomic mass is 10.0. The first-order valence-corrected chi connectivity index (χ1v) is 5.76. The zero-order valence-electron chi connectivity index (χ0n) is 9.93. The van der Waals surface area contributed by atoms with E-state index >= 15 is 0 Å². The van der Waals surface area contributed by atoms with Gasteiger partial charge in [-0.1, -0.05) is 19.4 Å². The number of hydrogen-bond donors (Lipinski definition) is 2. The summed E-state index contributed by atoms with van der Waals surface area (Å²) < 4.78 is 0. The minimum absolute atomic E-state index is 0.0882. The number of aliphatic hydroxyl groups excluding tert-OH is 1. The molecule has 0 aliphatic heterocycles. The van der Waals surface area contributed by atoms with Crippen LogP contribution < -0.4 is 5.32 Å². The fourth-order valence-corrected chi connectivity index (χ4v) is 1.62. The zero-order valence-corrected chi connectivity index (χ0v) is 9.93. The Hall–Kier alpha value is -1.62. The maximum absolute atomic E-state index is 10.6. The lowest BCUT2D eigenvalue weighted by Gasteiger charge is -2.15. The summed E-state index contributed by atoms with van der Waals surface area (Å²) in [7, 11) is 0. The zero-order chi connectivity index (χ0) is 12.7. The summed E-state index contributed by atoms with van der Waals surface area (Å²) in [6, 6.07) is 6.45. The first-order chi connectivity index (χ1) is 8.17. The maximum Gasteiger partial charge on any atom is 0.271 e. The van der Waals surface area contributed by atoms with Crippen LogP contribution in [0.2, 0.25) is 0 Å². The second kappa shape index (κ2) is 6.85. The van der Waals surface area contributed by atoms with E-state index in [2.05, 4.69) is 12.2 Å². The Bertz CT molecular complexity index is 369. The molecule has 5 heteroatoms. The third-order valence-corrected chi connectivity index (χ3v) is 2.77. The Morgan fingerprint density at radius 1 is 1.53 bits per heavy atom. The molecule has 17 heavy (non-hydrogen) atoms. The van der Waals surface area contributed by atoms with Gasteiger partial charge in [-0.2, -0.15) is 0 Å². The molecule has 94 valence electrons. The van der Waals surface area contributed by atoms with Crippen molar-refractivity contribution in [3.63, 3.8) is 0 Å². The summed E-state index contributed by atoms with van der Waals surface area (Å²) in [6.45, 7) is 2.96. The van der Waals surface area contributed by atoms with Gasteiger partial charge in [-0.15, -0.1) is 0 Å². The van der Waals surface area contributed by atoms with Crippen LogP contribution in [0, 0.1) is 16.0 Å². The van der Waals surface area contributed by atoms with Gasteiger partial charge in [-0.3, -0.25) is 10.1 Å². The van der Waals surface area contributed by atoms with Crippen LogP contribution in [0.3, 0.4) is 0 Å². The first-order valence-electron chi connectivity index (χ1n) is 5.76. The Kier molecular flexibility index (Phi) is 5.42. The minimum atomic E-state index is -0.407. The van der Waals surface area contributed by atoms with E-state index in [1.54, 1.807) is 12.1 Å². The molecule has 1 unspecified atom stereocenters. The van der Waals surface area contributed by atoms with Crippen molar-refractivity contribution in [3.05, 3.63) is 34.4 Å². The van der Waals surface area contributed by atoms with Gasteiger partial charge in [0.25, 0.3) is 5.69 Å². The van der Waals surface area contributed by atoms with Crippen molar-refractivity contribution in [2.75, 3.05) is 18.5 Å². The molecule has 0 bridgehead atoms. The molecule has 0 heterocycles. The summed E-state index contributed by atoms with van der Waals surface area (Å²) in [5.74, 6) is 0.388. The highest BCUT2D eigenvalue weighted by Crippen LogP contribution is 2.18. The van der Waals surface area contributed by atoms with Gasteiger partial charge in [0.05, 0.1) is 4.92 Å². The van der Waals surface area contributed by atoms with Gasteiger partial charge in [0.2, 0.25) is 0 Å². The van der Waals surface area contributed by atoms with Gasteiger partial charge in [-0.25, -0.2) is 0 Å². The number of anilines is 1. The van der Waals surface area contributed by atoms with Crippen molar-refractivity contribution in [1.82, 2.24) is 0 Å². The molecule has 0 amide bonds. The van der Waals surface area contributed by atoms with Crippen molar-refractivity contribution < 1.29 is 10.0 Å². The molecule has 0 saturated heterocycles. The molecule has 1 aromatic rings. The molecule has 0 aliphatic carbocycles. The number of non-ortho nitro benzene ring substituents is 1. The normalized spacial score (nSPS) is 12.1. The third-order valence-electron chi connectivity index (χ3n) is 2.77. The van der Waals surface area contributed by atoms with E-state index in [0.717, 1.165) is 25.1 Å². The van der Waals surface area contributed by atoms with E-state index in [0.29, 0.717) is 5.92 Å². The van der Waals surface area contributed by atoms with Gasteiger partial charge < -0.3 is 10.4 Å². The Morgan fingerprint density at radius 3 is 2.88 bits per heavy atom. The predicted octanol–water partition coefficient (Wildman–Crippen LogP) is 2.42. The van der Waals surface area contributed by atoms with E-state index in [9.17, 15) is 10.1 Å². The van der Waals surface area contributed by atoms with E-state index in [-0.39, 0.29) is 12.3 Å². The number of benzene rings is 1. The number of nitrogens with one attached hydrogen (secondary N) is 1. The van der Waals surface area contributed by atoms with E-state index in [1.165, 1.54) is 12.1 Å². The van der Waals surface area contributed by atoms with Crippen molar-refractivity contribution in [2.45, 2.75) is 19.8 Å². The summed E-state index contributed by atoms with van der Waals surface area (Å²) in [5.41, 5.74) is 0.834. The molecule has 1 aromatic carbocycles. The van der Waals surface area contributed by atoms with Crippen LogP contribution in [0.15, 0.2) is 24.3 Å². The molecule has 5 nitrogen and oxygen atoms in total. The standard InChI is InChI=1S/C12H18N2O3/c1-2-10(6-7-15)9-13-11-4-3-5-12(8-11)14(16)17/h3-5,8,10,13,15H,2,6-7,9H2,1H3. The smallest absolute Gasteiger partial charge is 0.271 e. The number of aliphatic hydroxyl groups is 1. The monoisotopic (exact) mass is 238 g/mol. The molecule has 2 N–H and O–H groups in total. The molecule has 0 fully saturated rings. The second-order valence-electron chi connectivity index (χ2n) is 3.97. The lowest BCUT2D eigenvalue weighted by Crippen LogP contribution is -2.14. The molecule has 0 saturated carbocycles. The maximum atomic E-state index is 10.6. The largest absolute Gasteiger partial charge is 0.396 e. The molecule has 0 aliphatic rings. The SMILES string of the molecule is CCC(CCO)CNc1cccc([N+](=O)[O-])c1. The van der Waals surface area contributed by atoms with Gasteiger partial charge in [0, 0.05) is 31.0 Å². The highest BCUT2D eigenvalue weighted by atomic mass is 16.6. The Labute approximate surface area is 101 Å². The molecule has 0 aromatic heterocycles. The number of hydrogen-bond acceptors (Lipinski definition) is 4. The van der Waals surface area contributed by atoms with Crippen molar-refractivity contribution >= 4 is 11.4 Å². The molecule has 1 rings (SSSR count). The number of rotatable bonds is 7. The van der Waals surface area contributed by atoms with Crippen LogP contribution >= 0.6 is 0 Å². The fraction of sp³-hybridized carbons (Fsp3) is 0.500. The molecular weight excluding hydrogens is 220 g/mol. The van der Waals surface area contributed by atoms with Crippen LogP contribution in [0.4, 0.5) is 11.4 Å². The van der Waals surface area contributed by atoms with E-state index < -0.39 is 4.92 Å². The van der Waals surface area contributed by atoms with Crippen LogP contribution in [-0.4, -0.2) is 23.2 Å². The number of nitro benzene ring substituents is 1. The first kappa shape index (κ1) is 13.4. The highest BCUT2D eigenvalue weighted by molar-refractivity contribution is 5.50. The summed E-state index contributed by atoms with van der Waals surface area (Å²) in [4.78, 5) is 10.2. The minimum Gasteiger partial charge on any atom is -0.396 e. The number of nitro groups is 1. The summed E-state index contributed by atoms with van der Waals surface area (Å²) in [6.07, 6.45) is 1.72. The Morgan fingerprint density at radius 2 is 2.29 bits per heavy atom. The third kappa shape index (κ3) is 4.40. The molecule has 1 atom stereocenters. The Balaban J connectivity index is 2.56. The van der Waals surface area contributed by atoms with Gasteiger partial charge >= 0.3 is 0 Å². The fourth-order valence-electron chi connectivity index (χ4n) is 1.62. The van der Waals surface area contributed by atoms with Crippen molar-refractivity contribution in [3.8, 4) is 0 Å². The van der Waals surface area contributed by atoms with Gasteiger partial charge in [-0.05, 0) is 18.4 Å². The van der Waals surface area contributed by atoms with Crippen LogP contribution in [0.5, 0.6) is 0 Å². The van der Waals surface area contributed by atoms with Crippen LogP contribution in [-0.2, 0) is 0 Å². The second-order valence-corrected chi connectivity index (χ2v) is 3.97. The molecule has 0 spiro atoms. The van der Waals surface area contributed by atoms with Crippen molar-refractivity contribution in [2.24, 2.45) is 5.92 Å². The predicted molar refractivity (Wildman–Crippen MR) is 67.1 cm³/mol. The molecular formula is C12H18N2O3. The average Bonchev–Trinajstić information content (AvgIpc) is 2.34. The van der Waals surface area contributed by atoms with Gasteiger partial charge in [0.1, 0.15) is 0 Å². The summed E-state index contributed by atoms with van der Waals surface area (Å²) in [5, 5.41) is 22.6. The van der Waals surface area contributed by atoms with Crippen LogP contribution in [0.25, 0.3) is 0 Å². The van der Waals surface area contributed by atoms with Crippen LogP contribution in [0.1, 0.15) is 19.8 Å². The number of nitrogens with zero attached hydrogens (tertiary/aromatic N) is 1. The quantitative estimate of drug-likeness (QED) is 0.565. The molecule has 0 radical (unpaired) electrons. The van der Waals surface area contributed by atoms with E-state index in [4.69, 9.17) is 5.11 Å². The lowest BCUT2D eigenvalue weighted by molar-refractivity contribution is -0.384. The highest BCUT2D eigenvalue weighted by Gasteiger charge is 2.08. The van der Waals surface area contributed by atoms with E-state index in [1.807, 2.05) is 0 Å². The average molecular weight is 238 g/mol.